The van der Waals surface area contributed by atoms with Crippen LogP contribution in [0.25, 0.3) is 0 Å². The average molecular weight is 933 g/mol. The van der Waals surface area contributed by atoms with Crippen molar-refractivity contribution in [2.75, 3.05) is 13.2 Å². The van der Waals surface area contributed by atoms with Gasteiger partial charge in [-0.3, -0.25) is 14.4 Å². The topological polar surface area (TPSA) is 78.9 Å². The minimum atomic E-state index is -0.807. The summed E-state index contributed by atoms with van der Waals surface area (Å²) in [5.74, 6) is -0.973. The molecule has 6 heteroatoms. The van der Waals surface area contributed by atoms with Crippen molar-refractivity contribution in [1.29, 1.82) is 0 Å². The van der Waals surface area contributed by atoms with Crippen LogP contribution >= 0.6 is 0 Å². The van der Waals surface area contributed by atoms with E-state index in [2.05, 4.69) is 106 Å². The molecule has 0 saturated carbocycles. The zero-order valence-corrected chi connectivity index (χ0v) is 43.9. The lowest BCUT2D eigenvalue weighted by Crippen LogP contribution is -2.30. The van der Waals surface area contributed by atoms with E-state index in [0.29, 0.717) is 19.3 Å². The van der Waals surface area contributed by atoms with Gasteiger partial charge >= 0.3 is 17.9 Å². The van der Waals surface area contributed by atoms with Crippen LogP contribution in [0.3, 0.4) is 0 Å². The number of hydrogen-bond acceptors (Lipinski definition) is 6. The van der Waals surface area contributed by atoms with Crippen LogP contribution in [0.15, 0.2) is 85.1 Å². The van der Waals surface area contributed by atoms with E-state index in [0.717, 1.165) is 96.3 Å². The molecule has 0 spiro atoms. The summed E-state index contributed by atoms with van der Waals surface area (Å²) in [4.78, 5) is 38.1. The Kier molecular flexibility index (Phi) is 52.4. The maximum Gasteiger partial charge on any atom is 0.306 e. The molecule has 384 valence electrons. The van der Waals surface area contributed by atoms with Gasteiger partial charge in [0.05, 0.1) is 0 Å². The summed E-state index contributed by atoms with van der Waals surface area (Å²) in [6.07, 6.45) is 71.5. The SMILES string of the molecule is CC/C=C\C/C=C\C/C=C\CCCCCCCC(=O)OC[C@H](COC(=O)CCC/C=C\C/C=C\C/C=C\CCCCCCCC)OC(=O)CCCCCCCCC/C=C\CCCCCCCC. The van der Waals surface area contributed by atoms with Crippen molar-refractivity contribution in [2.45, 2.75) is 271 Å². The molecule has 0 aromatic heterocycles. The maximum atomic E-state index is 12.8. The summed E-state index contributed by atoms with van der Waals surface area (Å²) in [6.45, 7) is 6.46. The molecule has 1 atom stereocenters. The third-order valence-electron chi connectivity index (χ3n) is 11.9. The molecule has 0 bridgehead atoms. The Morgan fingerprint density at radius 2 is 0.597 bits per heavy atom. The Balaban J connectivity index is 4.49. The van der Waals surface area contributed by atoms with Gasteiger partial charge < -0.3 is 14.2 Å². The van der Waals surface area contributed by atoms with E-state index in [1.807, 2.05) is 0 Å². The standard InChI is InChI=1S/C61H104O6/c1-4-7-10-13-16-19-22-25-28-30-33-36-39-42-45-48-51-54-60(63)66-57-58(56-65-59(62)53-50-47-44-41-38-35-32-27-24-21-18-15-12-9-6-3)67-61(64)55-52-49-46-43-40-37-34-31-29-26-23-20-17-14-11-8-5-2/h9,12,18,21,25-29,32-33,36,42,45,58H,4-8,10-11,13-17,19-20,22-24,30-31,34-35,37-41,43-44,46-57H2,1-3H3/b12-9-,21-18-,28-25-,29-26-,32-27-,36-33-,45-42-/t58-/m1/s1. The Morgan fingerprint density at radius 1 is 0.313 bits per heavy atom. The van der Waals surface area contributed by atoms with Gasteiger partial charge in [0.25, 0.3) is 0 Å². The fourth-order valence-electron chi connectivity index (χ4n) is 7.64. The van der Waals surface area contributed by atoms with Gasteiger partial charge in [-0.05, 0) is 109 Å². The lowest BCUT2D eigenvalue weighted by molar-refractivity contribution is -0.167. The summed E-state index contributed by atoms with van der Waals surface area (Å²) >= 11 is 0. The first kappa shape index (κ1) is 63.6. The molecule has 0 aromatic rings. The highest BCUT2D eigenvalue weighted by Crippen LogP contribution is 2.14. The van der Waals surface area contributed by atoms with E-state index < -0.39 is 6.10 Å². The molecule has 0 heterocycles. The van der Waals surface area contributed by atoms with Crippen LogP contribution in [-0.2, 0) is 28.6 Å². The van der Waals surface area contributed by atoms with Gasteiger partial charge in [0.1, 0.15) is 13.2 Å². The van der Waals surface area contributed by atoms with E-state index in [-0.39, 0.29) is 37.5 Å². The lowest BCUT2D eigenvalue weighted by Gasteiger charge is -2.18. The second-order valence-corrected chi connectivity index (χ2v) is 18.5. The molecule has 0 unspecified atom stereocenters. The Morgan fingerprint density at radius 3 is 0.985 bits per heavy atom. The summed E-state index contributed by atoms with van der Waals surface area (Å²) in [7, 11) is 0. The highest BCUT2D eigenvalue weighted by Gasteiger charge is 2.19. The summed E-state index contributed by atoms with van der Waals surface area (Å²) in [5, 5.41) is 0. The fraction of sp³-hybridized carbons (Fsp3) is 0.721. The van der Waals surface area contributed by atoms with Crippen LogP contribution in [0.1, 0.15) is 265 Å². The number of esters is 3. The molecule has 0 radical (unpaired) electrons. The molecular weight excluding hydrogens is 829 g/mol. The van der Waals surface area contributed by atoms with Gasteiger partial charge in [-0.15, -0.1) is 0 Å². The first-order valence-electron chi connectivity index (χ1n) is 28.1. The predicted octanol–water partition coefficient (Wildman–Crippen LogP) is 18.8. The van der Waals surface area contributed by atoms with Gasteiger partial charge in [-0.25, -0.2) is 0 Å². The van der Waals surface area contributed by atoms with Crippen LogP contribution in [0, 0.1) is 0 Å². The number of ether oxygens (including phenoxy) is 3. The molecule has 0 aliphatic carbocycles. The van der Waals surface area contributed by atoms with Crippen LogP contribution < -0.4 is 0 Å². The summed E-state index contributed by atoms with van der Waals surface area (Å²) in [5.41, 5.74) is 0. The van der Waals surface area contributed by atoms with E-state index in [1.165, 1.54) is 122 Å². The zero-order chi connectivity index (χ0) is 48.6. The average Bonchev–Trinajstić information content (AvgIpc) is 3.33. The fourth-order valence-corrected chi connectivity index (χ4v) is 7.64. The molecule has 67 heavy (non-hydrogen) atoms. The van der Waals surface area contributed by atoms with Gasteiger partial charge in [0.2, 0.25) is 0 Å². The van der Waals surface area contributed by atoms with Crippen molar-refractivity contribution in [2.24, 2.45) is 0 Å². The number of rotatable bonds is 50. The van der Waals surface area contributed by atoms with Crippen molar-refractivity contribution in [3.8, 4) is 0 Å². The number of hydrogen-bond donors (Lipinski definition) is 0. The highest BCUT2D eigenvalue weighted by atomic mass is 16.6. The van der Waals surface area contributed by atoms with E-state index in [4.69, 9.17) is 14.2 Å². The summed E-state index contributed by atoms with van der Waals surface area (Å²) in [6, 6.07) is 0. The van der Waals surface area contributed by atoms with Crippen LogP contribution in [0.2, 0.25) is 0 Å². The van der Waals surface area contributed by atoms with Crippen molar-refractivity contribution >= 4 is 17.9 Å². The molecule has 0 aliphatic rings. The van der Waals surface area contributed by atoms with Crippen molar-refractivity contribution in [3.05, 3.63) is 85.1 Å². The van der Waals surface area contributed by atoms with Crippen molar-refractivity contribution < 1.29 is 28.6 Å². The molecule has 0 rings (SSSR count). The molecule has 0 N–H and O–H groups in total. The first-order chi connectivity index (χ1) is 33.0. The van der Waals surface area contributed by atoms with Gasteiger partial charge in [-0.2, -0.15) is 0 Å². The highest BCUT2D eigenvalue weighted by molar-refractivity contribution is 5.71. The molecule has 0 saturated heterocycles. The molecule has 6 nitrogen and oxygen atoms in total. The van der Waals surface area contributed by atoms with Crippen LogP contribution in [0.5, 0.6) is 0 Å². The van der Waals surface area contributed by atoms with Crippen molar-refractivity contribution in [1.82, 2.24) is 0 Å². The van der Waals surface area contributed by atoms with Crippen molar-refractivity contribution in [3.63, 3.8) is 0 Å². The third-order valence-corrected chi connectivity index (χ3v) is 11.9. The molecule has 0 aliphatic heterocycles. The van der Waals surface area contributed by atoms with Gasteiger partial charge in [0, 0.05) is 19.3 Å². The normalized spacial score (nSPS) is 12.7. The minimum absolute atomic E-state index is 0.103. The van der Waals surface area contributed by atoms with Gasteiger partial charge in [0.15, 0.2) is 6.10 Å². The minimum Gasteiger partial charge on any atom is -0.462 e. The first-order valence-corrected chi connectivity index (χ1v) is 28.1. The monoisotopic (exact) mass is 933 g/mol. The largest absolute Gasteiger partial charge is 0.462 e. The molecule has 0 amide bonds. The van der Waals surface area contributed by atoms with Gasteiger partial charge in [-0.1, -0.05) is 221 Å². The Hall–Kier alpha value is -3.41. The Bertz CT molecular complexity index is 1300. The number of unbranched alkanes of at least 4 members (excludes halogenated alkanes) is 25. The van der Waals surface area contributed by atoms with Crippen LogP contribution in [-0.4, -0.2) is 37.2 Å². The quantitative estimate of drug-likeness (QED) is 0.0262. The zero-order valence-electron chi connectivity index (χ0n) is 43.9. The smallest absolute Gasteiger partial charge is 0.306 e. The third kappa shape index (κ3) is 53.4. The second kappa shape index (κ2) is 55.2. The second-order valence-electron chi connectivity index (χ2n) is 18.5. The number of allylic oxidation sites excluding steroid dienone is 14. The molecule has 0 fully saturated rings. The van der Waals surface area contributed by atoms with E-state index in [1.54, 1.807) is 0 Å². The van der Waals surface area contributed by atoms with E-state index >= 15 is 0 Å². The number of carbonyl (C=O) groups excluding carboxylic acids is 3. The predicted molar refractivity (Wildman–Crippen MR) is 288 cm³/mol. The maximum absolute atomic E-state index is 12.8. The summed E-state index contributed by atoms with van der Waals surface area (Å²) < 4.78 is 16.8. The number of carbonyl (C=O) groups is 3. The Labute approximate surface area is 414 Å². The van der Waals surface area contributed by atoms with Crippen LogP contribution in [0.4, 0.5) is 0 Å². The van der Waals surface area contributed by atoms with E-state index in [9.17, 15) is 14.4 Å². The molecular formula is C61H104O6. The molecule has 0 aromatic carbocycles. The lowest BCUT2D eigenvalue weighted by atomic mass is 10.1.